The molecule has 1 aromatic rings. The Bertz CT molecular complexity index is 292. The van der Waals surface area contributed by atoms with E-state index in [2.05, 4.69) is 0 Å². The number of carboxylic acids is 1. The van der Waals surface area contributed by atoms with Gasteiger partial charge in [-0.15, -0.1) is 0 Å². The van der Waals surface area contributed by atoms with Gasteiger partial charge in [-0.25, -0.2) is 0 Å². The quantitative estimate of drug-likeness (QED) is 0.892. The molecule has 0 saturated heterocycles. The minimum absolute atomic E-state index is 0.552. The number of carbonyl (C=O) groups is 1. The van der Waals surface area contributed by atoms with Gasteiger partial charge in [-0.3, -0.25) is 4.79 Å². The maximum Gasteiger partial charge on any atom is 0.320 e. The minimum Gasteiger partial charge on any atom is -0.480 e. The third kappa shape index (κ3) is 11.4. The zero-order valence-corrected chi connectivity index (χ0v) is 12.0. The predicted octanol–water partition coefficient (Wildman–Crippen LogP) is 3.02. The third-order valence-electron chi connectivity index (χ3n) is 1.82. The Balaban J connectivity index is 0.000000321. The van der Waals surface area contributed by atoms with Gasteiger partial charge in [0.2, 0.25) is 0 Å². The average molecular weight is 285 g/mol. The number of rotatable bonds is 4. The van der Waals surface area contributed by atoms with Gasteiger partial charge < -0.3 is 10.8 Å². The highest BCUT2D eigenvalue weighted by Gasteiger charge is 2.08. The molecule has 1 aromatic heterocycles. The molecule has 0 spiro atoms. The van der Waals surface area contributed by atoms with Crippen molar-refractivity contribution in [1.29, 1.82) is 0 Å². The van der Waals surface area contributed by atoms with Crippen LogP contribution in [0.4, 0.5) is 0 Å². The molecule has 3 N–H and O–H groups in total. The van der Waals surface area contributed by atoms with Crippen LogP contribution >= 0.6 is 23.1 Å². The van der Waals surface area contributed by atoms with Gasteiger partial charge in [0.1, 0.15) is 6.04 Å². The minimum atomic E-state index is -0.913. The molecule has 0 amide bonds. The first kappa shape index (κ1) is 17.0. The Kier molecular flexibility index (Phi) is 11.7. The van der Waals surface area contributed by atoms with Crippen molar-refractivity contribution in [1.82, 2.24) is 0 Å². The highest BCUT2D eigenvalue weighted by atomic mass is 32.2. The molecular formula is C13H19NO2S2. The molecule has 18 heavy (non-hydrogen) atoms. The van der Waals surface area contributed by atoms with Crippen molar-refractivity contribution in [3.8, 4) is 0 Å². The summed E-state index contributed by atoms with van der Waals surface area (Å²) in [5.41, 5.74) is 5.19. The molecule has 0 aliphatic heterocycles. The van der Waals surface area contributed by atoms with E-state index in [0.29, 0.717) is 6.42 Å². The molecule has 0 unspecified atom stereocenters. The summed E-state index contributed by atoms with van der Waals surface area (Å²) in [6, 6.07) is 11.4. The van der Waals surface area contributed by atoms with Crippen LogP contribution in [0, 0.1) is 0 Å². The first-order chi connectivity index (χ1) is 8.68. The average Bonchev–Trinajstić information content (AvgIpc) is 2.51. The van der Waals surface area contributed by atoms with Crippen LogP contribution in [0.15, 0.2) is 47.2 Å². The largest absolute Gasteiger partial charge is 0.480 e. The molecule has 0 aromatic carbocycles. The Labute approximate surface area is 116 Å². The molecule has 1 rings (SSSR count). The molecule has 100 valence electrons. The van der Waals surface area contributed by atoms with E-state index in [4.69, 9.17) is 10.8 Å². The Hall–Kier alpha value is -1.04. The highest BCUT2D eigenvalue weighted by Crippen LogP contribution is 1.97. The van der Waals surface area contributed by atoms with Crippen molar-refractivity contribution in [3.05, 3.63) is 47.2 Å². The van der Waals surface area contributed by atoms with E-state index >= 15 is 0 Å². The van der Waals surface area contributed by atoms with Crippen LogP contribution in [0.3, 0.4) is 0 Å². The van der Waals surface area contributed by atoms with Crippen molar-refractivity contribution in [3.63, 3.8) is 0 Å². The van der Waals surface area contributed by atoms with Crippen molar-refractivity contribution >= 4 is 29.1 Å². The van der Waals surface area contributed by atoms with Crippen LogP contribution in [-0.2, 0) is 4.79 Å². The van der Waals surface area contributed by atoms with Gasteiger partial charge in [0.05, 0.1) is 0 Å². The lowest BCUT2D eigenvalue weighted by molar-refractivity contribution is -0.138. The van der Waals surface area contributed by atoms with Crippen LogP contribution < -0.4 is 5.73 Å². The molecule has 0 fully saturated rings. The van der Waals surface area contributed by atoms with E-state index in [1.165, 1.54) is 0 Å². The zero-order chi connectivity index (χ0) is 13.6. The SMILES string of the molecule is CSCC[C@H](N)C(=O)O.c1ccccsccc1. The summed E-state index contributed by atoms with van der Waals surface area (Å²) in [5.74, 6) is -0.1000. The van der Waals surface area contributed by atoms with Gasteiger partial charge >= 0.3 is 5.97 Å². The standard InChI is InChI=1S/C8H8S.C5H11NO2S/c1-2-4-6-8-9-7-5-3-1;1-9-3-2-4(6)5(7)8/h1-8H;4H,2-3,6H2,1H3,(H,7,8)/t;4-/m.0/s1. The molecule has 1 atom stereocenters. The van der Waals surface area contributed by atoms with Crippen molar-refractivity contribution in [2.24, 2.45) is 5.73 Å². The number of hydrogen-bond acceptors (Lipinski definition) is 4. The lowest BCUT2D eigenvalue weighted by atomic mass is 10.2. The Morgan fingerprint density at radius 2 is 1.72 bits per heavy atom. The second kappa shape index (κ2) is 12.4. The second-order valence-corrected chi connectivity index (χ2v) is 5.09. The predicted molar refractivity (Wildman–Crippen MR) is 80.6 cm³/mol. The molecule has 0 aliphatic rings. The first-order valence-electron chi connectivity index (χ1n) is 5.46. The van der Waals surface area contributed by atoms with E-state index in [1.807, 2.05) is 53.4 Å². The van der Waals surface area contributed by atoms with Crippen molar-refractivity contribution in [2.45, 2.75) is 12.5 Å². The van der Waals surface area contributed by atoms with Gasteiger partial charge in [0.25, 0.3) is 0 Å². The summed E-state index contributed by atoms with van der Waals surface area (Å²) < 4.78 is 0. The van der Waals surface area contributed by atoms with Gasteiger partial charge in [-0.05, 0) is 29.2 Å². The van der Waals surface area contributed by atoms with Crippen molar-refractivity contribution < 1.29 is 9.90 Å². The van der Waals surface area contributed by atoms with Gasteiger partial charge in [0.15, 0.2) is 0 Å². The van der Waals surface area contributed by atoms with Crippen LogP contribution in [-0.4, -0.2) is 29.1 Å². The van der Waals surface area contributed by atoms with E-state index in [0.717, 1.165) is 5.75 Å². The van der Waals surface area contributed by atoms with E-state index in [9.17, 15) is 4.79 Å². The first-order valence-corrected chi connectivity index (χ1v) is 7.80. The lowest BCUT2D eigenvalue weighted by Crippen LogP contribution is -2.30. The van der Waals surface area contributed by atoms with Crippen LogP contribution in [0.25, 0.3) is 0 Å². The van der Waals surface area contributed by atoms with Gasteiger partial charge in [-0.2, -0.15) is 23.1 Å². The van der Waals surface area contributed by atoms with Crippen LogP contribution in [0.1, 0.15) is 6.42 Å². The fourth-order valence-corrected chi connectivity index (χ4v) is 1.79. The number of carboxylic acid groups (broad SMARTS) is 1. The zero-order valence-electron chi connectivity index (χ0n) is 10.4. The molecule has 0 aliphatic carbocycles. The topological polar surface area (TPSA) is 63.3 Å². The van der Waals surface area contributed by atoms with Crippen LogP contribution in [0.2, 0.25) is 0 Å². The Morgan fingerprint density at radius 3 is 2.17 bits per heavy atom. The monoisotopic (exact) mass is 285 g/mol. The normalized spacial score (nSPS) is 10.6. The fraction of sp³-hybridized carbons (Fsp3) is 0.308. The highest BCUT2D eigenvalue weighted by molar-refractivity contribution is 7.98. The number of hydrogen-bond donors (Lipinski definition) is 2. The maximum absolute atomic E-state index is 10.1. The third-order valence-corrected chi connectivity index (χ3v) is 3.09. The lowest BCUT2D eigenvalue weighted by Gasteiger charge is -2.02. The number of nitrogens with two attached hydrogens (primary N) is 1. The molecule has 1 heterocycles. The summed E-state index contributed by atoms with van der Waals surface area (Å²) in [5, 5.41) is 12.4. The summed E-state index contributed by atoms with van der Waals surface area (Å²) in [6.45, 7) is 0. The van der Waals surface area contributed by atoms with E-state index in [1.54, 1.807) is 23.1 Å². The van der Waals surface area contributed by atoms with Gasteiger partial charge in [-0.1, -0.05) is 36.4 Å². The van der Waals surface area contributed by atoms with Crippen LogP contribution in [0.5, 0.6) is 0 Å². The summed E-state index contributed by atoms with van der Waals surface area (Å²) >= 11 is 3.28. The maximum atomic E-state index is 10.1. The number of thioether (sulfide) groups is 1. The second-order valence-electron chi connectivity index (χ2n) is 3.29. The summed E-state index contributed by atoms with van der Waals surface area (Å²) in [6.07, 6.45) is 2.48. The van der Waals surface area contributed by atoms with E-state index in [-0.39, 0.29) is 0 Å². The molecule has 5 heteroatoms. The summed E-state index contributed by atoms with van der Waals surface area (Å²) in [4.78, 5) is 10.1. The Morgan fingerprint density at radius 1 is 1.22 bits per heavy atom. The van der Waals surface area contributed by atoms with Gasteiger partial charge in [0, 0.05) is 0 Å². The number of aliphatic carboxylic acids is 1. The molecule has 0 bridgehead atoms. The smallest absolute Gasteiger partial charge is 0.320 e. The van der Waals surface area contributed by atoms with E-state index < -0.39 is 12.0 Å². The molecular weight excluding hydrogens is 266 g/mol. The molecule has 0 radical (unpaired) electrons. The molecule has 0 saturated carbocycles. The molecule has 3 nitrogen and oxygen atoms in total. The summed E-state index contributed by atoms with van der Waals surface area (Å²) in [7, 11) is 0. The fourth-order valence-electron chi connectivity index (χ4n) is 0.852. The van der Waals surface area contributed by atoms with Crippen molar-refractivity contribution in [2.75, 3.05) is 12.0 Å².